The lowest BCUT2D eigenvalue weighted by molar-refractivity contribution is -0.145. The number of benzene rings is 2. The number of nitrogens with one attached hydrogen (secondary N) is 1. The van der Waals surface area contributed by atoms with Gasteiger partial charge in [0.25, 0.3) is 5.91 Å². The summed E-state index contributed by atoms with van der Waals surface area (Å²) in [6.45, 7) is 10.1. The first-order chi connectivity index (χ1) is 27.4. The maximum absolute atomic E-state index is 14.4. The highest BCUT2D eigenvalue weighted by Crippen LogP contribution is 2.30. The van der Waals surface area contributed by atoms with E-state index in [0.717, 1.165) is 45.9 Å². The Balaban J connectivity index is 1.13. The lowest BCUT2D eigenvalue weighted by Crippen LogP contribution is -2.54. The zero-order valence-corrected chi connectivity index (χ0v) is 34.4. The number of carbonyl (C=O) groups excluding carboxylic acids is 3. The van der Waals surface area contributed by atoms with Crippen LogP contribution in [0.15, 0.2) is 73.1 Å². The summed E-state index contributed by atoms with van der Waals surface area (Å²) >= 11 is 1.40. The molecule has 3 amide bonds. The number of hydrogen-bond acceptors (Lipinski definition) is 8. The molecule has 3 atom stereocenters. The fraction of sp³-hybridized carbons (Fsp3) is 0.467. The standard InChI is InChI=1S/C45H55N5O6S/c1-5-6-7-8-9-25-56-35-18-16-31(17-19-35)34-27-46-40(47-28-34)32-14-12-30(13-15-32)26-36(48-41(51)38-20-21-39(57-38)45(2,3)4)42(52)50-23-10-11-37(50)43(53)49-24-22-33(29-49)44(54)55/h12-21,27-28,33,36-37H,5-11,22-26,29H2,1-4H3,(H,48,51)(H,54,55)/t33?,36-,37-/m0/s1. The van der Waals surface area contributed by atoms with Crippen LogP contribution in [0.1, 0.15) is 99.2 Å². The molecular formula is C45H55N5O6S. The molecule has 0 saturated carbocycles. The second-order valence-corrected chi connectivity index (χ2v) is 17.3. The number of likely N-dealkylation sites (tertiary alicyclic amines) is 2. The average molecular weight is 794 g/mol. The van der Waals surface area contributed by atoms with Crippen LogP contribution in [-0.4, -0.2) is 86.9 Å². The fourth-order valence-electron chi connectivity index (χ4n) is 7.44. The van der Waals surface area contributed by atoms with E-state index in [-0.39, 0.29) is 36.1 Å². The van der Waals surface area contributed by atoms with Gasteiger partial charge in [0.2, 0.25) is 11.8 Å². The molecule has 2 saturated heterocycles. The first-order valence-electron chi connectivity index (χ1n) is 20.3. The molecule has 2 aliphatic rings. The summed E-state index contributed by atoms with van der Waals surface area (Å²) in [5.41, 5.74) is 3.39. The number of aliphatic carboxylic acids is 1. The first kappa shape index (κ1) is 41.5. The van der Waals surface area contributed by atoms with Gasteiger partial charge in [0.15, 0.2) is 5.82 Å². The largest absolute Gasteiger partial charge is 0.494 e. The van der Waals surface area contributed by atoms with E-state index in [1.807, 2.05) is 54.6 Å². The van der Waals surface area contributed by atoms with Crippen molar-refractivity contribution in [1.29, 1.82) is 0 Å². The van der Waals surface area contributed by atoms with Crippen molar-refractivity contribution in [1.82, 2.24) is 25.1 Å². The Morgan fingerprint density at radius 3 is 2.23 bits per heavy atom. The van der Waals surface area contributed by atoms with Crippen LogP contribution in [0.2, 0.25) is 0 Å². The maximum Gasteiger partial charge on any atom is 0.308 e. The molecule has 11 nitrogen and oxygen atoms in total. The van der Waals surface area contributed by atoms with Gasteiger partial charge in [-0.3, -0.25) is 19.2 Å². The SMILES string of the molecule is CCCCCCCOc1ccc(-c2cnc(-c3ccc(C[C@H](NC(=O)c4ccc(C(C)(C)C)s4)C(=O)N4CCC[C@H]4C(=O)N4CCC(C(=O)O)C4)cc3)nc2)cc1. The van der Waals surface area contributed by atoms with E-state index in [9.17, 15) is 24.3 Å². The normalized spacial score (nSPS) is 17.4. The third-order valence-electron chi connectivity index (χ3n) is 10.9. The number of carboxylic acids is 1. The molecule has 2 aliphatic heterocycles. The molecule has 6 rings (SSSR count). The van der Waals surface area contributed by atoms with Crippen LogP contribution in [0.3, 0.4) is 0 Å². The quantitative estimate of drug-likeness (QED) is 0.110. The van der Waals surface area contributed by atoms with E-state index < -0.39 is 24.0 Å². The number of rotatable bonds is 16. The topological polar surface area (TPSA) is 142 Å². The third-order valence-corrected chi connectivity index (χ3v) is 12.4. The van der Waals surface area contributed by atoms with Crippen molar-refractivity contribution >= 4 is 35.0 Å². The molecule has 2 aromatic carbocycles. The number of hydrogen-bond donors (Lipinski definition) is 2. The highest BCUT2D eigenvalue weighted by molar-refractivity contribution is 7.14. The Morgan fingerprint density at radius 1 is 0.877 bits per heavy atom. The zero-order chi connectivity index (χ0) is 40.5. The molecule has 57 heavy (non-hydrogen) atoms. The Hall–Kier alpha value is -5.10. The average Bonchev–Trinajstić information content (AvgIpc) is 4.01. The summed E-state index contributed by atoms with van der Waals surface area (Å²) in [6, 6.07) is 17.7. The molecule has 12 heteroatoms. The third kappa shape index (κ3) is 10.7. The lowest BCUT2D eigenvalue weighted by atomic mass is 9.95. The first-order valence-corrected chi connectivity index (χ1v) is 21.1. The summed E-state index contributed by atoms with van der Waals surface area (Å²) < 4.78 is 5.92. The van der Waals surface area contributed by atoms with E-state index in [0.29, 0.717) is 43.1 Å². The van der Waals surface area contributed by atoms with Gasteiger partial charge >= 0.3 is 5.97 Å². The summed E-state index contributed by atoms with van der Waals surface area (Å²) in [5, 5.41) is 12.5. The van der Waals surface area contributed by atoms with E-state index >= 15 is 0 Å². The van der Waals surface area contributed by atoms with Crippen LogP contribution < -0.4 is 10.1 Å². The Labute approximate surface area is 339 Å². The van der Waals surface area contributed by atoms with Crippen molar-refractivity contribution in [2.24, 2.45) is 5.92 Å². The molecule has 0 aliphatic carbocycles. The molecule has 4 aromatic rings. The van der Waals surface area contributed by atoms with Crippen molar-refractivity contribution in [3.63, 3.8) is 0 Å². The number of amides is 3. The van der Waals surface area contributed by atoms with E-state index in [2.05, 4.69) is 43.0 Å². The molecule has 2 fully saturated rings. The van der Waals surface area contributed by atoms with Crippen LogP contribution in [0, 0.1) is 5.92 Å². The number of ether oxygens (including phenoxy) is 1. The Bertz CT molecular complexity index is 1990. The zero-order valence-electron chi connectivity index (χ0n) is 33.5. The number of carboxylic acid groups (broad SMARTS) is 1. The fourth-order valence-corrected chi connectivity index (χ4v) is 8.41. The van der Waals surface area contributed by atoms with Crippen molar-refractivity contribution in [3.05, 3.63) is 88.4 Å². The minimum absolute atomic E-state index is 0.129. The molecule has 2 aromatic heterocycles. The molecule has 0 spiro atoms. The lowest BCUT2D eigenvalue weighted by Gasteiger charge is -2.31. The number of unbranched alkanes of at least 4 members (excludes halogenated alkanes) is 4. The maximum atomic E-state index is 14.4. The molecule has 0 bridgehead atoms. The predicted octanol–water partition coefficient (Wildman–Crippen LogP) is 7.78. The van der Waals surface area contributed by atoms with E-state index in [4.69, 9.17) is 4.74 Å². The summed E-state index contributed by atoms with van der Waals surface area (Å²) in [4.78, 5) is 67.2. The van der Waals surface area contributed by atoms with Crippen molar-refractivity contribution in [2.75, 3.05) is 26.2 Å². The predicted molar refractivity (Wildman–Crippen MR) is 222 cm³/mol. The van der Waals surface area contributed by atoms with Gasteiger partial charge < -0.3 is 25.0 Å². The minimum Gasteiger partial charge on any atom is -0.494 e. The smallest absolute Gasteiger partial charge is 0.308 e. The van der Waals surface area contributed by atoms with Crippen molar-refractivity contribution < 1.29 is 29.0 Å². The van der Waals surface area contributed by atoms with Gasteiger partial charge in [-0.05, 0) is 66.5 Å². The summed E-state index contributed by atoms with van der Waals surface area (Å²) in [7, 11) is 0. The van der Waals surface area contributed by atoms with Gasteiger partial charge in [-0.15, -0.1) is 11.3 Å². The van der Waals surface area contributed by atoms with Gasteiger partial charge in [-0.25, -0.2) is 9.97 Å². The van der Waals surface area contributed by atoms with Gasteiger partial charge in [-0.2, -0.15) is 0 Å². The van der Waals surface area contributed by atoms with Gasteiger partial charge in [0.1, 0.15) is 17.8 Å². The monoisotopic (exact) mass is 793 g/mol. The summed E-state index contributed by atoms with van der Waals surface area (Å²) in [6.07, 6.45) is 11.3. The number of carbonyl (C=O) groups is 4. The Morgan fingerprint density at radius 2 is 1.58 bits per heavy atom. The van der Waals surface area contributed by atoms with Crippen LogP contribution in [-0.2, 0) is 26.2 Å². The van der Waals surface area contributed by atoms with Crippen molar-refractivity contribution in [3.8, 4) is 28.3 Å². The second kappa shape index (κ2) is 18.9. The van der Waals surface area contributed by atoms with Gasteiger partial charge in [0.05, 0.1) is 17.4 Å². The van der Waals surface area contributed by atoms with Crippen LogP contribution >= 0.6 is 11.3 Å². The van der Waals surface area contributed by atoms with Crippen LogP contribution in [0.5, 0.6) is 5.75 Å². The molecule has 1 unspecified atom stereocenters. The Kier molecular flexibility index (Phi) is 13.8. The molecule has 0 radical (unpaired) electrons. The molecule has 2 N–H and O–H groups in total. The van der Waals surface area contributed by atoms with Gasteiger partial charge in [-0.1, -0.05) is 89.8 Å². The molecule has 4 heterocycles. The van der Waals surface area contributed by atoms with E-state index in [1.54, 1.807) is 28.3 Å². The number of nitrogens with zero attached hydrogens (tertiary/aromatic N) is 4. The highest BCUT2D eigenvalue weighted by Gasteiger charge is 2.42. The number of thiophene rings is 1. The van der Waals surface area contributed by atoms with Crippen molar-refractivity contribution in [2.45, 2.75) is 103 Å². The molecule has 302 valence electrons. The highest BCUT2D eigenvalue weighted by atomic mass is 32.1. The van der Waals surface area contributed by atoms with Crippen LogP contribution in [0.25, 0.3) is 22.5 Å². The van der Waals surface area contributed by atoms with Crippen LogP contribution in [0.4, 0.5) is 0 Å². The minimum atomic E-state index is -0.930. The second-order valence-electron chi connectivity index (χ2n) is 16.2. The summed E-state index contributed by atoms with van der Waals surface area (Å²) in [5.74, 6) is -1.01. The van der Waals surface area contributed by atoms with E-state index in [1.165, 1.54) is 37.0 Å². The van der Waals surface area contributed by atoms with Gasteiger partial charge in [0, 0.05) is 54.5 Å². The molecular weight excluding hydrogens is 739 g/mol. The number of aromatic nitrogens is 2.